The maximum Gasteiger partial charge on any atom is 0.251 e. The minimum atomic E-state index is -0.0953. The van der Waals surface area contributed by atoms with E-state index in [1.54, 1.807) is 36.6 Å². The fraction of sp³-hybridized carbons (Fsp3) is 0.214. The van der Waals surface area contributed by atoms with E-state index < -0.39 is 0 Å². The van der Waals surface area contributed by atoms with Crippen LogP contribution in [-0.4, -0.2) is 13.0 Å². The number of carbonyl (C=O) groups excluding carboxylic acids is 1. The predicted octanol–water partition coefficient (Wildman–Crippen LogP) is 4.01. The molecule has 1 atom stereocenters. The number of ether oxygens (including phenoxy) is 1. The van der Waals surface area contributed by atoms with Crippen LogP contribution >= 0.6 is 27.3 Å². The number of carbonyl (C=O) groups is 1. The number of thiophene rings is 1. The second-order valence-corrected chi connectivity index (χ2v) is 5.74. The number of benzene rings is 1. The van der Waals surface area contributed by atoms with Crippen LogP contribution in [0.5, 0.6) is 5.75 Å². The minimum absolute atomic E-state index is 0.000345. The molecule has 0 spiro atoms. The summed E-state index contributed by atoms with van der Waals surface area (Å²) in [5.74, 6) is 0.615. The Morgan fingerprint density at radius 3 is 2.79 bits per heavy atom. The van der Waals surface area contributed by atoms with Gasteiger partial charge in [-0.15, -0.1) is 0 Å². The van der Waals surface area contributed by atoms with Gasteiger partial charge in [0, 0.05) is 5.56 Å². The quantitative estimate of drug-likeness (QED) is 0.913. The fourth-order valence-corrected chi connectivity index (χ4v) is 2.99. The average Bonchev–Trinajstić information content (AvgIpc) is 2.92. The summed E-state index contributed by atoms with van der Waals surface area (Å²) in [6.45, 7) is 1.97. The van der Waals surface area contributed by atoms with Crippen molar-refractivity contribution in [2.45, 2.75) is 13.0 Å². The van der Waals surface area contributed by atoms with E-state index >= 15 is 0 Å². The summed E-state index contributed by atoms with van der Waals surface area (Å²) in [7, 11) is 1.60. The lowest BCUT2D eigenvalue weighted by molar-refractivity contribution is 0.0940. The zero-order valence-corrected chi connectivity index (χ0v) is 13.0. The van der Waals surface area contributed by atoms with Gasteiger partial charge in [0.2, 0.25) is 0 Å². The fourth-order valence-electron chi connectivity index (χ4n) is 1.69. The molecule has 2 rings (SSSR count). The highest BCUT2D eigenvalue weighted by atomic mass is 79.9. The van der Waals surface area contributed by atoms with E-state index in [1.165, 1.54) is 0 Å². The molecule has 0 fully saturated rings. The molecule has 100 valence electrons. The normalized spacial score (nSPS) is 11.9. The number of halogens is 1. The standard InChI is InChI=1S/C14H14BrNO2S/c1-9(11-5-6-19-8-11)16-14(17)10-3-4-13(18-2)12(15)7-10/h3-9H,1-2H3,(H,16,17). The van der Waals surface area contributed by atoms with Crippen LogP contribution in [0.2, 0.25) is 0 Å². The summed E-state index contributed by atoms with van der Waals surface area (Å²) in [5, 5.41) is 7.01. The molecular formula is C14H14BrNO2S. The molecule has 0 aliphatic carbocycles. The molecule has 0 saturated carbocycles. The van der Waals surface area contributed by atoms with Gasteiger partial charge >= 0.3 is 0 Å². The van der Waals surface area contributed by atoms with E-state index in [0.717, 1.165) is 10.0 Å². The van der Waals surface area contributed by atoms with Crippen molar-refractivity contribution >= 4 is 33.2 Å². The van der Waals surface area contributed by atoms with E-state index in [4.69, 9.17) is 4.74 Å². The van der Waals surface area contributed by atoms with Crippen LogP contribution in [0, 0.1) is 0 Å². The maximum atomic E-state index is 12.1. The van der Waals surface area contributed by atoms with Gasteiger partial charge in [-0.2, -0.15) is 11.3 Å². The first-order valence-electron chi connectivity index (χ1n) is 5.78. The number of hydrogen-bond acceptors (Lipinski definition) is 3. The van der Waals surface area contributed by atoms with Crippen molar-refractivity contribution in [1.82, 2.24) is 5.32 Å². The first-order chi connectivity index (χ1) is 9.11. The summed E-state index contributed by atoms with van der Waals surface area (Å²) < 4.78 is 5.91. The predicted molar refractivity (Wildman–Crippen MR) is 80.9 cm³/mol. The van der Waals surface area contributed by atoms with Crippen LogP contribution in [0.4, 0.5) is 0 Å². The molecule has 2 aromatic rings. The third-order valence-corrected chi connectivity index (χ3v) is 4.13. The summed E-state index contributed by atoms with van der Waals surface area (Å²) >= 11 is 5.00. The van der Waals surface area contributed by atoms with Gasteiger partial charge in [0.25, 0.3) is 5.91 Å². The third kappa shape index (κ3) is 3.36. The van der Waals surface area contributed by atoms with Crippen molar-refractivity contribution in [1.29, 1.82) is 0 Å². The summed E-state index contributed by atoms with van der Waals surface area (Å²) in [6, 6.07) is 7.29. The SMILES string of the molecule is COc1ccc(C(=O)NC(C)c2ccsc2)cc1Br. The van der Waals surface area contributed by atoms with Crippen molar-refractivity contribution in [2.75, 3.05) is 7.11 Å². The molecule has 1 aromatic carbocycles. The Morgan fingerprint density at radius 2 is 2.21 bits per heavy atom. The number of rotatable bonds is 4. The van der Waals surface area contributed by atoms with Crippen LogP contribution in [0.25, 0.3) is 0 Å². The Morgan fingerprint density at radius 1 is 1.42 bits per heavy atom. The number of methoxy groups -OCH3 is 1. The van der Waals surface area contributed by atoms with Gasteiger partial charge in [-0.25, -0.2) is 0 Å². The van der Waals surface area contributed by atoms with E-state index in [-0.39, 0.29) is 11.9 Å². The molecule has 0 aliphatic heterocycles. The topological polar surface area (TPSA) is 38.3 Å². The van der Waals surface area contributed by atoms with Gasteiger partial charge in [-0.05, 0) is 63.4 Å². The van der Waals surface area contributed by atoms with Crippen molar-refractivity contribution in [2.24, 2.45) is 0 Å². The minimum Gasteiger partial charge on any atom is -0.496 e. The van der Waals surface area contributed by atoms with Gasteiger partial charge in [0.15, 0.2) is 0 Å². The monoisotopic (exact) mass is 339 g/mol. The van der Waals surface area contributed by atoms with Crippen molar-refractivity contribution < 1.29 is 9.53 Å². The molecule has 0 saturated heterocycles. The molecule has 1 unspecified atom stereocenters. The van der Waals surface area contributed by atoms with Crippen molar-refractivity contribution in [3.63, 3.8) is 0 Å². The number of nitrogens with one attached hydrogen (secondary N) is 1. The Balaban J connectivity index is 2.10. The van der Waals surface area contributed by atoms with Crippen molar-refractivity contribution in [3.05, 3.63) is 50.6 Å². The molecule has 1 heterocycles. The molecule has 0 bridgehead atoms. The number of amides is 1. The van der Waals surface area contributed by atoms with E-state index in [9.17, 15) is 4.79 Å². The highest BCUT2D eigenvalue weighted by Crippen LogP contribution is 2.26. The molecule has 5 heteroatoms. The highest BCUT2D eigenvalue weighted by molar-refractivity contribution is 9.10. The largest absolute Gasteiger partial charge is 0.496 e. The molecule has 0 radical (unpaired) electrons. The second kappa shape index (κ2) is 6.21. The first-order valence-corrected chi connectivity index (χ1v) is 7.52. The lowest BCUT2D eigenvalue weighted by Crippen LogP contribution is -2.26. The van der Waals surface area contributed by atoms with Gasteiger partial charge in [0.05, 0.1) is 17.6 Å². The average molecular weight is 340 g/mol. The molecule has 19 heavy (non-hydrogen) atoms. The number of hydrogen-bond donors (Lipinski definition) is 1. The summed E-state index contributed by atoms with van der Waals surface area (Å²) in [6.07, 6.45) is 0. The highest BCUT2D eigenvalue weighted by Gasteiger charge is 2.13. The Kier molecular flexibility index (Phi) is 4.61. The molecule has 0 aliphatic rings. The lowest BCUT2D eigenvalue weighted by atomic mass is 10.1. The van der Waals surface area contributed by atoms with Crippen LogP contribution < -0.4 is 10.1 Å². The first kappa shape index (κ1) is 14.1. The van der Waals surface area contributed by atoms with Gasteiger partial charge in [-0.1, -0.05) is 0 Å². The van der Waals surface area contributed by atoms with E-state index in [0.29, 0.717) is 11.3 Å². The van der Waals surface area contributed by atoms with Crippen LogP contribution in [0.15, 0.2) is 39.5 Å². The zero-order chi connectivity index (χ0) is 13.8. The summed E-state index contributed by atoms with van der Waals surface area (Å²) in [5.41, 5.74) is 1.72. The smallest absolute Gasteiger partial charge is 0.251 e. The van der Waals surface area contributed by atoms with Gasteiger partial charge in [0.1, 0.15) is 5.75 Å². The van der Waals surface area contributed by atoms with Crippen LogP contribution in [0.3, 0.4) is 0 Å². The molecule has 1 aromatic heterocycles. The third-order valence-electron chi connectivity index (χ3n) is 2.80. The Labute approximate surface area is 124 Å². The zero-order valence-electron chi connectivity index (χ0n) is 10.6. The van der Waals surface area contributed by atoms with Gasteiger partial charge < -0.3 is 10.1 Å². The summed E-state index contributed by atoms with van der Waals surface area (Å²) in [4.78, 5) is 12.1. The molecular weight excluding hydrogens is 326 g/mol. The van der Waals surface area contributed by atoms with Crippen LogP contribution in [0.1, 0.15) is 28.9 Å². The molecule has 1 N–H and O–H groups in total. The van der Waals surface area contributed by atoms with Gasteiger partial charge in [-0.3, -0.25) is 4.79 Å². The van der Waals surface area contributed by atoms with Crippen LogP contribution in [-0.2, 0) is 0 Å². The lowest BCUT2D eigenvalue weighted by Gasteiger charge is -2.13. The van der Waals surface area contributed by atoms with Crippen molar-refractivity contribution in [3.8, 4) is 5.75 Å². The second-order valence-electron chi connectivity index (χ2n) is 4.10. The molecule has 3 nitrogen and oxygen atoms in total. The Hall–Kier alpha value is -1.33. The molecule has 1 amide bonds. The van der Waals surface area contributed by atoms with E-state index in [1.807, 2.05) is 23.8 Å². The van der Waals surface area contributed by atoms with E-state index in [2.05, 4.69) is 21.2 Å². The maximum absolute atomic E-state index is 12.1. The Bertz CT molecular complexity index is 569.